The Labute approximate surface area is 154 Å². The van der Waals surface area contributed by atoms with Gasteiger partial charge in [0.15, 0.2) is 0 Å². The molecule has 0 bridgehead atoms. The highest BCUT2D eigenvalue weighted by atomic mass is 32.2. The van der Waals surface area contributed by atoms with E-state index in [4.69, 9.17) is 4.74 Å². The number of likely N-dealkylation sites (N-methyl/N-ethyl adjacent to an activating group) is 1. The van der Waals surface area contributed by atoms with Crippen molar-refractivity contribution in [2.45, 2.75) is 17.9 Å². The van der Waals surface area contributed by atoms with Crippen LogP contribution >= 0.6 is 0 Å². The standard InChI is InChI=1S/C19H23FN2O3S/c1-14-11-16(20)7-8-19(14)26(23,24)22-10-9-21(2)18(13-22)15-5-4-6-17(12-15)25-3/h4-8,11-12,18H,9-10,13H2,1-3H3. The van der Waals surface area contributed by atoms with Gasteiger partial charge in [-0.1, -0.05) is 12.1 Å². The number of halogens is 1. The van der Waals surface area contributed by atoms with E-state index in [2.05, 4.69) is 4.90 Å². The van der Waals surface area contributed by atoms with E-state index >= 15 is 0 Å². The molecule has 1 fully saturated rings. The van der Waals surface area contributed by atoms with Crippen molar-refractivity contribution in [1.29, 1.82) is 0 Å². The molecule has 0 radical (unpaired) electrons. The van der Waals surface area contributed by atoms with Crippen molar-refractivity contribution in [2.75, 3.05) is 33.8 Å². The number of benzene rings is 2. The summed E-state index contributed by atoms with van der Waals surface area (Å²) < 4.78 is 46.3. The molecule has 0 aliphatic carbocycles. The van der Waals surface area contributed by atoms with Crippen LogP contribution in [-0.4, -0.2) is 51.4 Å². The molecular formula is C19H23FN2O3S. The van der Waals surface area contributed by atoms with E-state index in [9.17, 15) is 12.8 Å². The van der Waals surface area contributed by atoms with Crippen LogP contribution in [0.25, 0.3) is 0 Å². The number of rotatable bonds is 4. The monoisotopic (exact) mass is 378 g/mol. The quantitative estimate of drug-likeness (QED) is 0.821. The highest BCUT2D eigenvalue weighted by molar-refractivity contribution is 7.89. The summed E-state index contributed by atoms with van der Waals surface area (Å²) >= 11 is 0. The molecule has 0 amide bonds. The van der Waals surface area contributed by atoms with Crippen molar-refractivity contribution in [1.82, 2.24) is 9.21 Å². The van der Waals surface area contributed by atoms with Gasteiger partial charge in [0, 0.05) is 25.7 Å². The number of aryl methyl sites for hydroxylation is 1. The molecule has 1 saturated heterocycles. The maximum Gasteiger partial charge on any atom is 0.243 e. The van der Waals surface area contributed by atoms with E-state index < -0.39 is 15.8 Å². The molecule has 26 heavy (non-hydrogen) atoms. The van der Waals surface area contributed by atoms with Gasteiger partial charge < -0.3 is 4.74 Å². The second-order valence-corrected chi connectivity index (χ2v) is 8.45. The summed E-state index contributed by atoms with van der Waals surface area (Å²) in [6.07, 6.45) is 0. The Bertz CT molecular complexity index is 901. The maximum atomic E-state index is 13.4. The Morgan fingerprint density at radius 1 is 1.15 bits per heavy atom. The van der Waals surface area contributed by atoms with E-state index in [1.165, 1.54) is 22.5 Å². The van der Waals surface area contributed by atoms with Crippen LogP contribution in [0.2, 0.25) is 0 Å². The summed E-state index contributed by atoms with van der Waals surface area (Å²) in [6, 6.07) is 11.4. The molecule has 1 heterocycles. The van der Waals surface area contributed by atoms with Gasteiger partial charge in [-0.2, -0.15) is 4.31 Å². The molecule has 0 saturated carbocycles. The molecule has 1 unspecified atom stereocenters. The average molecular weight is 378 g/mol. The zero-order chi connectivity index (χ0) is 18.9. The van der Waals surface area contributed by atoms with Gasteiger partial charge in [0.05, 0.1) is 12.0 Å². The van der Waals surface area contributed by atoms with Gasteiger partial charge in [-0.15, -0.1) is 0 Å². The SMILES string of the molecule is COc1cccc(C2CN(S(=O)(=O)c3ccc(F)cc3C)CCN2C)c1. The average Bonchev–Trinajstić information content (AvgIpc) is 2.61. The predicted octanol–water partition coefficient (Wildman–Crippen LogP) is 2.82. The van der Waals surface area contributed by atoms with Gasteiger partial charge in [-0.05, 0) is 55.4 Å². The molecular weight excluding hydrogens is 355 g/mol. The van der Waals surface area contributed by atoms with Crippen molar-refractivity contribution in [2.24, 2.45) is 0 Å². The first kappa shape index (κ1) is 18.8. The number of hydrogen-bond acceptors (Lipinski definition) is 4. The molecule has 140 valence electrons. The minimum atomic E-state index is -3.68. The smallest absolute Gasteiger partial charge is 0.243 e. The Morgan fingerprint density at radius 2 is 1.92 bits per heavy atom. The molecule has 1 aliphatic heterocycles. The second-order valence-electron chi connectivity index (χ2n) is 6.55. The van der Waals surface area contributed by atoms with Crippen molar-refractivity contribution in [3.8, 4) is 5.75 Å². The normalized spacial score (nSPS) is 19.5. The van der Waals surface area contributed by atoms with Gasteiger partial charge in [-0.3, -0.25) is 4.90 Å². The Balaban J connectivity index is 1.91. The molecule has 7 heteroatoms. The highest BCUT2D eigenvalue weighted by Crippen LogP contribution is 2.30. The number of piperazine rings is 1. The molecule has 0 aromatic heterocycles. The lowest BCUT2D eigenvalue weighted by Crippen LogP contribution is -2.49. The number of nitrogens with zero attached hydrogens (tertiary/aromatic N) is 2. The van der Waals surface area contributed by atoms with Crippen molar-refractivity contribution < 1.29 is 17.5 Å². The van der Waals surface area contributed by atoms with E-state index in [1.807, 2.05) is 31.3 Å². The van der Waals surface area contributed by atoms with Crippen LogP contribution in [-0.2, 0) is 10.0 Å². The van der Waals surface area contributed by atoms with Gasteiger partial charge in [-0.25, -0.2) is 12.8 Å². The van der Waals surface area contributed by atoms with E-state index in [0.717, 1.165) is 11.3 Å². The first-order valence-corrected chi connectivity index (χ1v) is 9.87. The van der Waals surface area contributed by atoms with Crippen LogP contribution in [0.15, 0.2) is 47.4 Å². The maximum absolute atomic E-state index is 13.4. The summed E-state index contributed by atoms with van der Waals surface area (Å²) in [5.41, 5.74) is 1.42. The van der Waals surface area contributed by atoms with Crippen LogP contribution in [0.4, 0.5) is 4.39 Å². The molecule has 0 N–H and O–H groups in total. The fraction of sp³-hybridized carbons (Fsp3) is 0.368. The lowest BCUT2D eigenvalue weighted by atomic mass is 10.0. The number of methoxy groups -OCH3 is 1. The van der Waals surface area contributed by atoms with Gasteiger partial charge >= 0.3 is 0 Å². The zero-order valence-corrected chi connectivity index (χ0v) is 16.0. The third-order valence-corrected chi connectivity index (χ3v) is 6.87. The fourth-order valence-electron chi connectivity index (χ4n) is 3.32. The van der Waals surface area contributed by atoms with Gasteiger partial charge in [0.2, 0.25) is 10.0 Å². The predicted molar refractivity (Wildman–Crippen MR) is 98.3 cm³/mol. The minimum Gasteiger partial charge on any atom is -0.497 e. The summed E-state index contributed by atoms with van der Waals surface area (Å²) in [5, 5.41) is 0. The second kappa shape index (κ2) is 7.34. The van der Waals surface area contributed by atoms with Crippen LogP contribution in [0.1, 0.15) is 17.2 Å². The summed E-state index contributed by atoms with van der Waals surface area (Å²) in [5.74, 6) is 0.305. The fourth-order valence-corrected chi connectivity index (χ4v) is 4.96. The highest BCUT2D eigenvalue weighted by Gasteiger charge is 2.34. The van der Waals surface area contributed by atoms with Crippen LogP contribution in [0.5, 0.6) is 5.75 Å². The van der Waals surface area contributed by atoms with Crippen molar-refractivity contribution in [3.05, 3.63) is 59.4 Å². The van der Waals surface area contributed by atoms with Gasteiger partial charge in [0.1, 0.15) is 11.6 Å². The topological polar surface area (TPSA) is 49.9 Å². The summed E-state index contributed by atoms with van der Waals surface area (Å²) in [4.78, 5) is 2.30. The number of hydrogen-bond donors (Lipinski definition) is 0. The molecule has 5 nitrogen and oxygen atoms in total. The van der Waals surface area contributed by atoms with Gasteiger partial charge in [0.25, 0.3) is 0 Å². The lowest BCUT2D eigenvalue weighted by molar-refractivity contribution is 0.148. The molecule has 2 aromatic carbocycles. The molecule has 1 aliphatic rings. The summed E-state index contributed by atoms with van der Waals surface area (Å²) in [7, 11) is -0.0885. The summed E-state index contributed by atoms with van der Waals surface area (Å²) in [6.45, 7) is 2.96. The van der Waals surface area contributed by atoms with E-state index in [0.29, 0.717) is 25.2 Å². The van der Waals surface area contributed by atoms with Crippen LogP contribution < -0.4 is 4.74 Å². The van der Waals surface area contributed by atoms with Crippen LogP contribution in [0.3, 0.4) is 0 Å². The molecule has 1 atom stereocenters. The third-order valence-electron chi connectivity index (χ3n) is 4.84. The molecule has 3 rings (SSSR count). The Morgan fingerprint density at radius 3 is 2.62 bits per heavy atom. The largest absolute Gasteiger partial charge is 0.497 e. The Kier molecular flexibility index (Phi) is 5.32. The number of ether oxygens (including phenoxy) is 1. The van der Waals surface area contributed by atoms with E-state index in [-0.39, 0.29) is 10.9 Å². The lowest BCUT2D eigenvalue weighted by Gasteiger charge is -2.39. The molecule has 2 aromatic rings. The van der Waals surface area contributed by atoms with Crippen LogP contribution in [0, 0.1) is 12.7 Å². The van der Waals surface area contributed by atoms with Crippen molar-refractivity contribution in [3.63, 3.8) is 0 Å². The zero-order valence-electron chi connectivity index (χ0n) is 15.1. The minimum absolute atomic E-state index is 0.0746. The third kappa shape index (κ3) is 3.60. The Hall–Kier alpha value is -1.96. The van der Waals surface area contributed by atoms with E-state index in [1.54, 1.807) is 14.0 Å². The number of sulfonamides is 1. The van der Waals surface area contributed by atoms with Crippen molar-refractivity contribution >= 4 is 10.0 Å². The first-order chi connectivity index (χ1) is 12.3. The first-order valence-electron chi connectivity index (χ1n) is 8.43. The molecule has 0 spiro atoms.